The Balaban J connectivity index is 1.23. The van der Waals surface area contributed by atoms with Crippen LogP contribution in [-0.2, 0) is 40.5 Å². The van der Waals surface area contributed by atoms with E-state index in [1.165, 1.54) is 36.4 Å². The molecule has 2 heterocycles. The van der Waals surface area contributed by atoms with Crippen LogP contribution in [0.5, 0.6) is 23.0 Å². The average Bonchev–Trinajstić information content (AvgIpc) is 3.45. The number of ether oxygens (including phenoxy) is 2. The lowest BCUT2D eigenvalue weighted by atomic mass is 10.0. The predicted octanol–water partition coefficient (Wildman–Crippen LogP) is 9.78. The average molecular weight is 1260 g/mol. The Morgan fingerprint density at radius 2 is 0.863 bits per heavy atom. The number of nitrogens with one attached hydrogen (secondary N) is 2. The first-order valence-corrected chi connectivity index (χ1v) is 29.4. The maximum atomic E-state index is 12.8. The van der Waals surface area contributed by atoms with Crippen LogP contribution in [0.2, 0.25) is 21.1 Å². The van der Waals surface area contributed by atoms with Crippen LogP contribution in [0.4, 0.5) is 34.1 Å². The van der Waals surface area contributed by atoms with Gasteiger partial charge in [0.2, 0.25) is 32.4 Å². The van der Waals surface area contributed by atoms with Crippen LogP contribution >= 0.6 is 46.4 Å². The lowest BCUT2D eigenvalue weighted by molar-refractivity contribution is 0.318. The monoisotopic (exact) mass is 1250 g/mol. The van der Waals surface area contributed by atoms with Gasteiger partial charge in [-0.05, 0) is 142 Å². The molecule has 0 saturated heterocycles. The van der Waals surface area contributed by atoms with E-state index in [1.54, 1.807) is 13.8 Å². The van der Waals surface area contributed by atoms with Gasteiger partial charge in [-0.25, -0.2) is 9.98 Å². The van der Waals surface area contributed by atoms with Gasteiger partial charge in [0.15, 0.2) is 11.5 Å². The largest absolute Gasteiger partial charge is 0.505 e. The van der Waals surface area contributed by atoms with Crippen LogP contribution in [0.1, 0.15) is 26.7 Å². The van der Waals surface area contributed by atoms with Crippen molar-refractivity contribution < 1.29 is 71.6 Å². The van der Waals surface area contributed by atoms with Crippen molar-refractivity contribution in [3.63, 3.8) is 0 Å². The maximum absolute atomic E-state index is 12.8. The van der Waals surface area contributed by atoms with E-state index in [2.05, 4.69) is 60.3 Å². The molecular formula is C44H34Cl4N12O16S4. The molecule has 0 aliphatic rings. The molecule has 0 aliphatic heterocycles. The minimum atomic E-state index is -5.29. The Kier molecular flexibility index (Phi) is 16.9. The molecular weight excluding hydrogens is 1220 g/mol. The van der Waals surface area contributed by atoms with Gasteiger partial charge in [-0.3, -0.25) is 28.2 Å². The van der Waals surface area contributed by atoms with Crippen LogP contribution in [0.15, 0.2) is 123 Å². The molecule has 28 nitrogen and oxygen atoms in total. The van der Waals surface area contributed by atoms with Crippen molar-refractivity contribution in [1.82, 2.24) is 29.9 Å². The minimum Gasteiger partial charge on any atom is -0.505 e. The third-order valence-corrected chi connectivity index (χ3v) is 14.8. The van der Waals surface area contributed by atoms with E-state index in [1.807, 2.05) is 0 Å². The van der Waals surface area contributed by atoms with Gasteiger partial charge in [0.1, 0.15) is 44.0 Å². The molecule has 0 aliphatic carbocycles. The van der Waals surface area contributed by atoms with Gasteiger partial charge in [0.05, 0.1) is 45.2 Å². The summed E-state index contributed by atoms with van der Waals surface area (Å²) in [4.78, 5) is 24.5. The molecule has 0 amide bonds. The van der Waals surface area contributed by atoms with E-state index in [0.717, 1.165) is 36.4 Å². The summed E-state index contributed by atoms with van der Waals surface area (Å²) in [5.41, 5.74) is -2.64. The number of rotatable bonds is 17. The van der Waals surface area contributed by atoms with Crippen LogP contribution < -0.4 is 20.7 Å². The highest BCUT2D eigenvalue weighted by molar-refractivity contribution is 7.86. The lowest BCUT2D eigenvalue weighted by Crippen LogP contribution is -2.13. The Morgan fingerprint density at radius 1 is 0.487 bits per heavy atom. The molecule has 8 aromatic rings. The molecule has 36 heteroatoms. The summed E-state index contributed by atoms with van der Waals surface area (Å²) in [5, 5.41) is 36.8. The first-order chi connectivity index (χ1) is 37.5. The molecule has 0 saturated carbocycles. The highest BCUT2D eigenvalue weighted by atomic mass is 35.5. The van der Waals surface area contributed by atoms with Crippen molar-refractivity contribution in [2.75, 3.05) is 13.2 Å². The molecule has 0 atom stereocenters. The van der Waals surface area contributed by atoms with Crippen LogP contribution in [0, 0.1) is 0 Å². The van der Waals surface area contributed by atoms with E-state index in [0.29, 0.717) is 24.0 Å². The summed E-state index contributed by atoms with van der Waals surface area (Å²) in [5.74, 6) is -1.90. The second-order valence-corrected chi connectivity index (χ2v) is 23.3. The number of phenolic OH excluding ortho intramolecular Hbond substituents is 2. The SMILES string of the molecule is CCCOc1cc(-c2ccc(N=Nc3c(S(=O)(=O)O)cc4cc(S(=O)(=O)O)cc(N=c5nc(Cl)nc(Cl)[nH]5)c4c3O)c(OCCC)c2)ccc1N=Nc1c(S(=O)(=O)O)cc2cc(S(=O)(=O)O)cc(N=c3nc(Cl)nc(Cl)[nH]3)c2c1O. The molecule has 6 aromatic carbocycles. The Labute approximate surface area is 470 Å². The third kappa shape index (κ3) is 13.3. The van der Waals surface area contributed by atoms with Crippen molar-refractivity contribution in [2.24, 2.45) is 30.4 Å². The van der Waals surface area contributed by atoms with Gasteiger partial charge in [-0.1, -0.05) is 26.0 Å². The fraction of sp³-hybridized carbons (Fsp3) is 0.136. The first-order valence-electron chi connectivity index (χ1n) is 22.2. The van der Waals surface area contributed by atoms with Gasteiger partial charge in [-0.2, -0.15) is 53.6 Å². The smallest absolute Gasteiger partial charge is 0.296 e. The minimum absolute atomic E-state index is 0.0475. The summed E-state index contributed by atoms with van der Waals surface area (Å²) in [6.45, 7) is 3.81. The number of aromatic amines is 2. The molecule has 8 N–H and O–H groups in total. The standard InChI is InChI=1S/C44H34Cl4N12O16S4/c1-3-9-75-29-13-19(5-7-25(29)57-59-35-31(79(69,70)71)15-21-11-23(77(63,64)65)17-27(33(21)37(35)61)49-43-53-39(45)51-40(46)54-43)20-6-8-26(30(14-20)76-10-4-2)58-60-36-32(80(72,73)74)16-22-12-24(78(66,67)68)18-28(34(22)38(36)62)50-44-55-41(47)52-42(48)56-44/h5-8,11-18,61-62H,3-4,9-10H2,1-2H3,(H,63,64,65)(H,66,67,68)(H,69,70,71)(H,72,73,74)(H,49,51,53,54)(H,50,52,55,56). The summed E-state index contributed by atoms with van der Waals surface area (Å²) in [6.07, 6.45) is 0.952. The lowest BCUT2D eigenvalue weighted by Gasteiger charge is -2.14. The molecule has 2 aromatic heterocycles. The fourth-order valence-corrected chi connectivity index (χ4v) is 10.5. The van der Waals surface area contributed by atoms with Crippen molar-refractivity contribution in [2.45, 2.75) is 46.3 Å². The van der Waals surface area contributed by atoms with Crippen LogP contribution in [0.3, 0.4) is 0 Å². The number of halogens is 4. The Bertz CT molecular complexity index is 4240. The topological polar surface area (TPSA) is 434 Å². The zero-order valence-electron chi connectivity index (χ0n) is 40.1. The summed E-state index contributed by atoms with van der Waals surface area (Å²) >= 11 is 23.7. The van der Waals surface area contributed by atoms with Crippen molar-refractivity contribution in [3.8, 4) is 34.1 Å². The second kappa shape index (κ2) is 23.0. The number of hydrogen-bond donors (Lipinski definition) is 8. The van der Waals surface area contributed by atoms with Gasteiger partial charge in [-0.15, -0.1) is 20.5 Å². The number of phenols is 2. The van der Waals surface area contributed by atoms with Gasteiger partial charge in [0.25, 0.3) is 40.5 Å². The van der Waals surface area contributed by atoms with Crippen molar-refractivity contribution in [3.05, 3.63) is 105 Å². The molecule has 0 spiro atoms. The van der Waals surface area contributed by atoms with Gasteiger partial charge >= 0.3 is 0 Å². The zero-order chi connectivity index (χ0) is 58.2. The highest BCUT2D eigenvalue weighted by Crippen LogP contribution is 2.49. The number of benzene rings is 6. The zero-order valence-corrected chi connectivity index (χ0v) is 46.4. The second-order valence-electron chi connectivity index (χ2n) is 16.3. The van der Waals surface area contributed by atoms with E-state index >= 15 is 0 Å². The first kappa shape index (κ1) is 58.8. The van der Waals surface area contributed by atoms with Gasteiger partial charge in [0, 0.05) is 0 Å². The van der Waals surface area contributed by atoms with Crippen molar-refractivity contribution >= 4 is 143 Å². The molecule has 80 heavy (non-hydrogen) atoms. The molecule has 8 rings (SSSR count). The fourth-order valence-electron chi connectivity index (χ4n) is 7.37. The van der Waals surface area contributed by atoms with Crippen molar-refractivity contribution in [1.29, 1.82) is 0 Å². The molecule has 0 radical (unpaired) electrons. The maximum Gasteiger partial charge on any atom is 0.296 e. The predicted molar refractivity (Wildman–Crippen MR) is 286 cm³/mol. The quantitative estimate of drug-likeness (QED) is 0.0310. The Hall–Kier alpha value is -7.34. The molecule has 0 fully saturated rings. The molecule has 0 bridgehead atoms. The Morgan fingerprint density at radius 3 is 1.19 bits per heavy atom. The number of aromatic nitrogens is 6. The van der Waals surface area contributed by atoms with Crippen LogP contribution in [0.25, 0.3) is 32.7 Å². The number of aromatic hydroxyl groups is 2. The van der Waals surface area contributed by atoms with Crippen LogP contribution in [-0.4, -0.2) is 105 Å². The number of hydrogen-bond acceptors (Lipinski definition) is 22. The van der Waals surface area contributed by atoms with E-state index in [9.17, 15) is 62.1 Å². The highest BCUT2D eigenvalue weighted by Gasteiger charge is 2.28. The van der Waals surface area contributed by atoms with E-state index in [-0.39, 0.29) is 79.4 Å². The summed E-state index contributed by atoms with van der Waals surface area (Å²) in [7, 11) is -20.6. The third-order valence-electron chi connectivity index (χ3n) is 10.7. The van der Waals surface area contributed by atoms with E-state index < -0.39 is 105 Å². The van der Waals surface area contributed by atoms with E-state index in [4.69, 9.17) is 55.9 Å². The number of fused-ring (bicyclic) bond motifs is 2. The summed E-state index contributed by atoms with van der Waals surface area (Å²) in [6, 6.07) is 13.6. The molecule has 418 valence electrons. The normalized spacial score (nSPS) is 13.1. The number of H-pyrrole nitrogens is 2. The molecule has 0 unspecified atom stereocenters. The van der Waals surface area contributed by atoms with Gasteiger partial charge < -0.3 is 19.7 Å². The summed E-state index contributed by atoms with van der Waals surface area (Å²) < 4.78 is 153. The number of nitrogens with zero attached hydrogens (tertiary/aromatic N) is 10. The number of azo groups is 2.